The van der Waals surface area contributed by atoms with Gasteiger partial charge in [-0.3, -0.25) is 4.90 Å². The SMILES string of the molecule is CSc1ccccc1CN1CCC(CNS(=O)(=O)Cc2ccc(Cl)cc2)CC1. The lowest BCUT2D eigenvalue weighted by atomic mass is 9.97. The van der Waals surface area contributed by atoms with E-state index in [1.54, 1.807) is 36.0 Å². The lowest BCUT2D eigenvalue weighted by Crippen LogP contribution is -2.38. The quantitative estimate of drug-likeness (QED) is 0.621. The van der Waals surface area contributed by atoms with Crippen molar-refractivity contribution in [2.24, 2.45) is 5.92 Å². The third-order valence-electron chi connectivity index (χ3n) is 5.16. The summed E-state index contributed by atoms with van der Waals surface area (Å²) >= 11 is 7.64. The van der Waals surface area contributed by atoms with E-state index in [2.05, 4.69) is 40.1 Å². The molecule has 0 atom stereocenters. The summed E-state index contributed by atoms with van der Waals surface area (Å²) in [7, 11) is -3.33. The molecule has 28 heavy (non-hydrogen) atoms. The van der Waals surface area contributed by atoms with Gasteiger partial charge in [-0.05, 0) is 67.4 Å². The lowest BCUT2D eigenvalue weighted by Gasteiger charge is -2.32. The molecule has 1 heterocycles. The van der Waals surface area contributed by atoms with Crippen molar-refractivity contribution in [3.8, 4) is 0 Å². The predicted molar refractivity (Wildman–Crippen MR) is 118 cm³/mol. The van der Waals surface area contributed by atoms with Gasteiger partial charge < -0.3 is 0 Å². The molecule has 3 rings (SSSR count). The first kappa shape index (κ1) is 21.7. The van der Waals surface area contributed by atoms with Crippen molar-refractivity contribution < 1.29 is 8.42 Å². The Bertz CT molecular complexity index is 864. The maximum absolute atomic E-state index is 12.3. The van der Waals surface area contributed by atoms with Crippen molar-refractivity contribution in [1.82, 2.24) is 9.62 Å². The molecule has 0 aliphatic carbocycles. The summed E-state index contributed by atoms with van der Waals surface area (Å²) in [5.41, 5.74) is 2.12. The van der Waals surface area contributed by atoms with Crippen LogP contribution in [-0.2, 0) is 22.3 Å². The van der Waals surface area contributed by atoms with Crippen LogP contribution in [0.1, 0.15) is 24.0 Å². The van der Waals surface area contributed by atoms with Crippen LogP contribution in [0, 0.1) is 5.92 Å². The third-order valence-corrected chi connectivity index (χ3v) is 7.57. The van der Waals surface area contributed by atoms with E-state index >= 15 is 0 Å². The summed E-state index contributed by atoms with van der Waals surface area (Å²) in [4.78, 5) is 3.80. The van der Waals surface area contributed by atoms with Gasteiger partial charge >= 0.3 is 0 Å². The standard InChI is InChI=1S/C21H27ClN2O2S2/c1-27-21-5-3-2-4-19(21)15-24-12-10-17(11-13-24)14-23-28(25,26)16-18-6-8-20(22)9-7-18/h2-9,17,23H,10-16H2,1H3. The maximum atomic E-state index is 12.3. The van der Waals surface area contributed by atoms with Crippen molar-refractivity contribution >= 4 is 33.4 Å². The van der Waals surface area contributed by atoms with E-state index in [4.69, 9.17) is 11.6 Å². The van der Waals surface area contributed by atoms with Gasteiger partial charge in [-0.1, -0.05) is 41.9 Å². The Morgan fingerprint density at radius 1 is 1.11 bits per heavy atom. The number of hydrogen-bond donors (Lipinski definition) is 1. The Morgan fingerprint density at radius 2 is 1.79 bits per heavy atom. The molecule has 0 bridgehead atoms. The zero-order valence-corrected chi connectivity index (χ0v) is 18.5. The summed E-state index contributed by atoms with van der Waals surface area (Å²) in [6.07, 6.45) is 4.15. The van der Waals surface area contributed by atoms with Crippen molar-refractivity contribution in [2.75, 3.05) is 25.9 Å². The third kappa shape index (κ3) is 6.49. The Labute approximate surface area is 177 Å². The first-order valence-electron chi connectivity index (χ1n) is 9.51. The normalized spacial score (nSPS) is 16.4. The summed E-state index contributed by atoms with van der Waals surface area (Å²) in [5.74, 6) is 0.390. The minimum atomic E-state index is -3.33. The number of halogens is 1. The summed E-state index contributed by atoms with van der Waals surface area (Å²) < 4.78 is 27.5. The molecule has 0 aromatic heterocycles. The van der Waals surface area contributed by atoms with E-state index in [-0.39, 0.29) is 5.75 Å². The van der Waals surface area contributed by atoms with Crippen LogP contribution in [0.4, 0.5) is 0 Å². The molecule has 0 unspecified atom stereocenters. The fourth-order valence-corrected chi connectivity index (χ4v) is 5.48. The molecule has 2 aromatic rings. The van der Waals surface area contributed by atoms with Crippen LogP contribution in [0.15, 0.2) is 53.4 Å². The second-order valence-electron chi connectivity index (χ2n) is 7.27. The molecule has 1 saturated heterocycles. The summed E-state index contributed by atoms with van der Waals surface area (Å²) in [6, 6.07) is 15.5. The van der Waals surface area contributed by atoms with Gasteiger partial charge in [-0.15, -0.1) is 11.8 Å². The molecule has 1 aliphatic heterocycles. The molecule has 0 amide bonds. The number of thioether (sulfide) groups is 1. The average Bonchev–Trinajstić information content (AvgIpc) is 2.69. The fourth-order valence-electron chi connectivity index (χ4n) is 3.52. The van der Waals surface area contributed by atoms with E-state index < -0.39 is 10.0 Å². The highest BCUT2D eigenvalue weighted by Crippen LogP contribution is 2.24. The molecule has 0 spiro atoms. The van der Waals surface area contributed by atoms with Crippen molar-refractivity contribution in [3.05, 3.63) is 64.7 Å². The van der Waals surface area contributed by atoms with E-state index in [9.17, 15) is 8.42 Å². The Kier molecular flexibility index (Phi) is 7.83. The highest BCUT2D eigenvalue weighted by atomic mass is 35.5. The molecule has 1 aliphatic rings. The van der Waals surface area contributed by atoms with Gasteiger partial charge in [0.05, 0.1) is 5.75 Å². The van der Waals surface area contributed by atoms with E-state index in [0.29, 0.717) is 17.5 Å². The van der Waals surface area contributed by atoms with Gasteiger partial charge in [-0.25, -0.2) is 13.1 Å². The molecule has 2 aromatic carbocycles. The molecule has 1 N–H and O–H groups in total. The maximum Gasteiger partial charge on any atom is 0.215 e. The van der Waals surface area contributed by atoms with Crippen LogP contribution in [0.2, 0.25) is 5.02 Å². The van der Waals surface area contributed by atoms with Crippen molar-refractivity contribution in [3.63, 3.8) is 0 Å². The zero-order chi connectivity index (χ0) is 20.0. The highest BCUT2D eigenvalue weighted by Gasteiger charge is 2.22. The average molecular weight is 439 g/mol. The Balaban J connectivity index is 1.44. The molecule has 4 nitrogen and oxygen atoms in total. The molecule has 0 radical (unpaired) electrons. The number of nitrogens with one attached hydrogen (secondary N) is 1. The van der Waals surface area contributed by atoms with Crippen LogP contribution < -0.4 is 4.72 Å². The van der Waals surface area contributed by atoms with Crippen molar-refractivity contribution in [2.45, 2.75) is 30.0 Å². The highest BCUT2D eigenvalue weighted by molar-refractivity contribution is 7.98. The fraction of sp³-hybridized carbons (Fsp3) is 0.429. The van der Waals surface area contributed by atoms with Crippen LogP contribution in [0.5, 0.6) is 0 Å². The Hall–Kier alpha value is -1.05. The van der Waals surface area contributed by atoms with Gasteiger partial charge in [0.25, 0.3) is 0 Å². The smallest absolute Gasteiger partial charge is 0.215 e. The topological polar surface area (TPSA) is 49.4 Å². The van der Waals surface area contributed by atoms with Gasteiger partial charge in [-0.2, -0.15) is 0 Å². The van der Waals surface area contributed by atoms with Crippen molar-refractivity contribution in [1.29, 1.82) is 0 Å². The molecule has 0 saturated carbocycles. The molecular formula is C21H27ClN2O2S2. The number of rotatable bonds is 8. The number of benzene rings is 2. The number of nitrogens with zero attached hydrogens (tertiary/aromatic N) is 1. The van der Waals surface area contributed by atoms with Gasteiger partial charge in [0, 0.05) is 23.0 Å². The molecule has 1 fully saturated rings. The lowest BCUT2D eigenvalue weighted by molar-refractivity contribution is 0.177. The minimum Gasteiger partial charge on any atom is -0.299 e. The largest absolute Gasteiger partial charge is 0.299 e. The number of hydrogen-bond acceptors (Lipinski definition) is 4. The van der Waals surface area contributed by atoms with Crippen LogP contribution in [0.25, 0.3) is 0 Å². The number of likely N-dealkylation sites (tertiary alicyclic amines) is 1. The second-order valence-corrected chi connectivity index (χ2v) is 10.4. The Morgan fingerprint density at radius 3 is 2.46 bits per heavy atom. The first-order chi connectivity index (χ1) is 13.4. The summed E-state index contributed by atoms with van der Waals surface area (Å²) in [5, 5.41) is 0.612. The summed E-state index contributed by atoms with van der Waals surface area (Å²) in [6.45, 7) is 3.50. The first-order valence-corrected chi connectivity index (χ1v) is 12.8. The van der Waals surface area contributed by atoms with Gasteiger partial charge in [0.15, 0.2) is 0 Å². The number of piperidine rings is 1. The van der Waals surface area contributed by atoms with E-state index in [1.165, 1.54) is 10.5 Å². The molecule has 152 valence electrons. The van der Waals surface area contributed by atoms with Gasteiger partial charge in [0.1, 0.15) is 0 Å². The van der Waals surface area contributed by atoms with Crippen LogP contribution in [0.3, 0.4) is 0 Å². The van der Waals surface area contributed by atoms with E-state index in [0.717, 1.165) is 38.0 Å². The van der Waals surface area contributed by atoms with Crippen LogP contribution >= 0.6 is 23.4 Å². The zero-order valence-electron chi connectivity index (χ0n) is 16.1. The monoisotopic (exact) mass is 438 g/mol. The minimum absolute atomic E-state index is 0.00547. The van der Waals surface area contributed by atoms with E-state index in [1.807, 2.05) is 0 Å². The van der Waals surface area contributed by atoms with Crippen LogP contribution in [-0.4, -0.2) is 39.2 Å². The molecule has 7 heteroatoms. The van der Waals surface area contributed by atoms with Gasteiger partial charge in [0.2, 0.25) is 10.0 Å². The number of sulfonamides is 1. The predicted octanol–water partition coefficient (Wildman–Crippen LogP) is 4.39. The second kappa shape index (κ2) is 10.1. The molecular weight excluding hydrogens is 412 g/mol.